The second kappa shape index (κ2) is 11.5. The van der Waals surface area contributed by atoms with Crippen LogP contribution in [0.1, 0.15) is 25.0 Å². The molecule has 7 aromatic carbocycles. The first kappa shape index (κ1) is 29.1. The lowest BCUT2D eigenvalue weighted by Crippen LogP contribution is -2.16. The van der Waals surface area contributed by atoms with Crippen LogP contribution in [-0.4, -0.2) is 9.97 Å². The molecule has 0 radical (unpaired) electrons. The Bertz CT molecular complexity index is 2490. The average Bonchev–Trinajstić information content (AvgIpc) is 3.41. The molecule has 0 amide bonds. The Labute approximate surface area is 287 Å². The minimum atomic E-state index is -0.111. The summed E-state index contributed by atoms with van der Waals surface area (Å²) in [5, 5.41) is 2.34. The van der Waals surface area contributed by atoms with Gasteiger partial charge in [0.05, 0.1) is 11.4 Å². The second-order valence-electron chi connectivity index (χ2n) is 13.4. The summed E-state index contributed by atoms with van der Waals surface area (Å²) in [7, 11) is 0. The summed E-state index contributed by atoms with van der Waals surface area (Å²) in [5.41, 5.74) is 15.2. The molecule has 0 bridgehead atoms. The normalized spacial score (nSPS) is 12.9. The third-order valence-electron chi connectivity index (χ3n) is 10.1. The maximum absolute atomic E-state index is 5.25. The van der Waals surface area contributed by atoms with E-state index in [1.165, 1.54) is 49.9 Å². The van der Waals surface area contributed by atoms with E-state index in [0.717, 1.165) is 39.3 Å². The molecular weight excluding hydrogens is 593 g/mol. The summed E-state index contributed by atoms with van der Waals surface area (Å²) < 4.78 is 0. The van der Waals surface area contributed by atoms with Gasteiger partial charge in [-0.1, -0.05) is 172 Å². The lowest BCUT2D eigenvalue weighted by Gasteiger charge is -2.25. The van der Waals surface area contributed by atoms with Gasteiger partial charge in [0.15, 0.2) is 5.82 Å². The lowest BCUT2D eigenvalue weighted by molar-refractivity contribution is 0.662. The highest BCUT2D eigenvalue weighted by atomic mass is 14.9. The average molecular weight is 627 g/mol. The predicted molar refractivity (Wildman–Crippen MR) is 204 cm³/mol. The van der Waals surface area contributed by atoms with E-state index in [-0.39, 0.29) is 5.41 Å². The molecule has 0 saturated carbocycles. The number of hydrogen-bond donors (Lipinski definition) is 0. The molecule has 1 heterocycles. The van der Waals surface area contributed by atoms with Crippen LogP contribution in [0.2, 0.25) is 0 Å². The highest BCUT2D eigenvalue weighted by Gasteiger charge is 2.37. The van der Waals surface area contributed by atoms with Gasteiger partial charge in [0.1, 0.15) is 0 Å². The zero-order valence-corrected chi connectivity index (χ0v) is 27.6. The third kappa shape index (κ3) is 4.88. The maximum atomic E-state index is 5.25. The van der Waals surface area contributed by atoms with Gasteiger partial charge < -0.3 is 0 Å². The molecule has 0 spiro atoms. The molecule has 1 aromatic heterocycles. The molecule has 1 aliphatic rings. The van der Waals surface area contributed by atoms with E-state index in [1.807, 2.05) is 12.1 Å². The number of fused-ring (bicyclic) bond motifs is 4. The predicted octanol–water partition coefficient (Wildman–Crippen LogP) is 12.3. The molecule has 0 aliphatic heterocycles. The zero-order valence-electron chi connectivity index (χ0n) is 27.6. The van der Waals surface area contributed by atoms with Gasteiger partial charge in [0, 0.05) is 22.1 Å². The monoisotopic (exact) mass is 626 g/mol. The topological polar surface area (TPSA) is 25.8 Å². The van der Waals surface area contributed by atoms with Crippen LogP contribution in [-0.2, 0) is 5.41 Å². The van der Waals surface area contributed by atoms with E-state index < -0.39 is 0 Å². The summed E-state index contributed by atoms with van der Waals surface area (Å²) in [6, 6.07) is 60.5. The molecule has 1 aliphatic carbocycles. The first-order valence-corrected chi connectivity index (χ1v) is 16.9. The van der Waals surface area contributed by atoms with Crippen molar-refractivity contribution in [3.63, 3.8) is 0 Å². The quantitative estimate of drug-likeness (QED) is 0.190. The van der Waals surface area contributed by atoms with Crippen molar-refractivity contribution in [2.24, 2.45) is 0 Å². The Morgan fingerprint density at radius 2 is 0.837 bits per heavy atom. The highest BCUT2D eigenvalue weighted by Crippen LogP contribution is 2.53. The molecule has 8 aromatic rings. The Kier molecular flexibility index (Phi) is 6.84. The molecule has 0 atom stereocenters. The third-order valence-corrected chi connectivity index (χ3v) is 10.1. The summed E-state index contributed by atoms with van der Waals surface area (Å²) in [5.74, 6) is 0.720. The molecular formula is C47H34N2. The van der Waals surface area contributed by atoms with E-state index in [9.17, 15) is 0 Å². The standard InChI is InChI=1S/C47H34N2/c1-47(2)42-23-12-11-20-38(42)40-22-13-21-39(45(40)47)37-28-29-41(36-19-10-9-18-35(36)37)46-48-43(33-16-7-4-8-17-33)30-44(49-46)34-26-24-32(25-27-34)31-14-5-3-6-15-31/h3-30H,1-2H3. The van der Waals surface area contributed by atoms with E-state index in [0.29, 0.717) is 0 Å². The van der Waals surface area contributed by atoms with Gasteiger partial charge in [-0.05, 0) is 67.4 Å². The van der Waals surface area contributed by atoms with Gasteiger partial charge in [-0.25, -0.2) is 9.97 Å². The Morgan fingerprint density at radius 3 is 1.53 bits per heavy atom. The Hall–Kier alpha value is -6.12. The summed E-state index contributed by atoms with van der Waals surface area (Å²) in [4.78, 5) is 10.5. The van der Waals surface area contributed by atoms with Crippen molar-refractivity contribution in [1.82, 2.24) is 9.97 Å². The van der Waals surface area contributed by atoms with Crippen LogP contribution in [0.4, 0.5) is 0 Å². The number of rotatable bonds is 5. The molecule has 0 fully saturated rings. The van der Waals surface area contributed by atoms with Gasteiger partial charge in [-0.15, -0.1) is 0 Å². The second-order valence-corrected chi connectivity index (χ2v) is 13.4. The molecule has 0 saturated heterocycles. The van der Waals surface area contributed by atoms with E-state index in [1.54, 1.807) is 0 Å². The van der Waals surface area contributed by atoms with Crippen molar-refractivity contribution in [2.45, 2.75) is 19.3 Å². The van der Waals surface area contributed by atoms with E-state index >= 15 is 0 Å². The van der Waals surface area contributed by atoms with Crippen LogP contribution in [0.5, 0.6) is 0 Å². The number of benzene rings is 7. The van der Waals surface area contributed by atoms with Gasteiger partial charge in [-0.3, -0.25) is 0 Å². The lowest BCUT2D eigenvalue weighted by atomic mass is 9.78. The first-order chi connectivity index (χ1) is 24.1. The smallest absolute Gasteiger partial charge is 0.161 e. The first-order valence-electron chi connectivity index (χ1n) is 16.9. The Balaban J connectivity index is 1.21. The zero-order chi connectivity index (χ0) is 33.0. The molecule has 0 N–H and O–H groups in total. The van der Waals surface area contributed by atoms with Gasteiger partial charge >= 0.3 is 0 Å². The minimum absolute atomic E-state index is 0.111. The molecule has 49 heavy (non-hydrogen) atoms. The van der Waals surface area contributed by atoms with Gasteiger partial charge in [0.2, 0.25) is 0 Å². The number of aromatic nitrogens is 2. The molecule has 2 nitrogen and oxygen atoms in total. The molecule has 9 rings (SSSR count). The van der Waals surface area contributed by atoms with Crippen LogP contribution < -0.4 is 0 Å². The highest BCUT2D eigenvalue weighted by molar-refractivity contribution is 6.06. The van der Waals surface area contributed by atoms with Crippen molar-refractivity contribution in [3.05, 3.63) is 181 Å². The molecule has 232 valence electrons. The van der Waals surface area contributed by atoms with Crippen LogP contribution >= 0.6 is 0 Å². The fraction of sp³-hybridized carbons (Fsp3) is 0.0638. The van der Waals surface area contributed by atoms with E-state index in [4.69, 9.17) is 9.97 Å². The van der Waals surface area contributed by atoms with Gasteiger partial charge in [-0.2, -0.15) is 0 Å². The molecule has 2 heteroatoms. The van der Waals surface area contributed by atoms with Crippen molar-refractivity contribution < 1.29 is 0 Å². The van der Waals surface area contributed by atoms with E-state index in [2.05, 4.69) is 172 Å². The molecule has 0 unspecified atom stereocenters. The fourth-order valence-electron chi connectivity index (χ4n) is 7.74. The SMILES string of the molecule is CC1(C)c2ccccc2-c2cccc(-c3ccc(-c4nc(-c5ccccc5)cc(-c5ccc(-c6ccccc6)cc5)n4)c4ccccc34)c21. The van der Waals surface area contributed by atoms with Crippen LogP contribution in [0.15, 0.2) is 170 Å². The largest absolute Gasteiger partial charge is 0.228 e. The summed E-state index contributed by atoms with van der Waals surface area (Å²) in [6.07, 6.45) is 0. The summed E-state index contributed by atoms with van der Waals surface area (Å²) >= 11 is 0. The van der Waals surface area contributed by atoms with Crippen molar-refractivity contribution in [2.75, 3.05) is 0 Å². The van der Waals surface area contributed by atoms with Gasteiger partial charge in [0.25, 0.3) is 0 Å². The minimum Gasteiger partial charge on any atom is -0.228 e. The fourth-order valence-corrected chi connectivity index (χ4v) is 7.74. The van der Waals surface area contributed by atoms with Crippen molar-refractivity contribution in [1.29, 1.82) is 0 Å². The van der Waals surface area contributed by atoms with Crippen molar-refractivity contribution >= 4 is 10.8 Å². The van der Waals surface area contributed by atoms with Crippen LogP contribution in [0.3, 0.4) is 0 Å². The van der Waals surface area contributed by atoms with Crippen LogP contribution in [0, 0.1) is 0 Å². The Morgan fingerprint density at radius 1 is 0.367 bits per heavy atom. The van der Waals surface area contributed by atoms with Crippen LogP contribution in [0.25, 0.3) is 78.1 Å². The summed E-state index contributed by atoms with van der Waals surface area (Å²) in [6.45, 7) is 4.71. The number of nitrogens with zero attached hydrogens (tertiary/aromatic N) is 2. The maximum Gasteiger partial charge on any atom is 0.161 e. The van der Waals surface area contributed by atoms with Crippen molar-refractivity contribution in [3.8, 4) is 67.3 Å². The number of hydrogen-bond acceptors (Lipinski definition) is 2.